The van der Waals surface area contributed by atoms with E-state index in [9.17, 15) is 14.4 Å². The first-order chi connectivity index (χ1) is 15.5. The molecule has 1 N–H and O–H groups in total. The summed E-state index contributed by atoms with van der Waals surface area (Å²) in [5.74, 6) is 0.164. The molecule has 0 radical (unpaired) electrons. The van der Waals surface area contributed by atoms with Gasteiger partial charge < -0.3 is 15.0 Å². The largest absolute Gasteiger partial charge is 0.497 e. The molecule has 2 aromatic carbocycles. The number of benzene rings is 2. The number of hydrogen-bond acceptors (Lipinski definition) is 5. The minimum atomic E-state index is -0.367. The van der Waals surface area contributed by atoms with Crippen molar-refractivity contribution in [1.82, 2.24) is 9.78 Å². The van der Waals surface area contributed by atoms with Crippen molar-refractivity contribution in [3.8, 4) is 5.75 Å². The second-order valence-electron chi connectivity index (χ2n) is 7.66. The Morgan fingerprint density at radius 2 is 1.84 bits per heavy atom. The van der Waals surface area contributed by atoms with Crippen molar-refractivity contribution in [2.45, 2.75) is 32.4 Å². The van der Waals surface area contributed by atoms with Crippen LogP contribution in [0.4, 0.5) is 11.4 Å². The zero-order valence-electron chi connectivity index (χ0n) is 17.9. The van der Waals surface area contributed by atoms with Crippen molar-refractivity contribution in [2.24, 2.45) is 0 Å². The van der Waals surface area contributed by atoms with E-state index in [1.54, 1.807) is 36.3 Å². The number of ether oxygens (including phenoxy) is 1. The Morgan fingerprint density at radius 1 is 1.09 bits per heavy atom. The average molecular weight is 432 g/mol. The van der Waals surface area contributed by atoms with E-state index in [2.05, 4.69) is 10.4 Å². The molecule has 0 fully saturated rings. The van der Waals surface area contributed by atoms with Crippen LogP contribution in [0, 0.1) is 0 Å². The van der Waals surface area contributed by atoms with Gasteiger partial charge in [0.05, 0.1) is 13.7 Å². The van der Waals surface area contributed by atoms with Gasteiger partial charge in [-0.05, 0) is 55.3 Å². The molecule has 3 aromatic rings. The van der Waals surface area contributed by atoms with Gasteiger partial charge in [0.2, 0.25) is 5.91 Å². The van der Waals surface area contributed by atoms with Crippen LogP contribution in [0.15, 0.2) is 65.5 Å². The van der Waals surface area contributed by atoms with Crippen LogP contribution in [0.5, 0.6) is 5.75 Å². The van der Waals surface area contributed by atoms with Gasteiger partial charge in [-0.3, -0.25) is 14.4 Å². The number of nitrogens with one attached hydrogen (secondary N) is 1. The van der Waals surface area contributed by atoms with Crippen molar-refractivity contribution in [3.63, 3.8) is 0 Å². The number of methoxy groups -OCH3 is 1. The number of para-hydroxylation sites is 1. The van der Waals surface area contributed by atoms with E-state index in [0.717, 1.165) is 22.4 Å². The number of hydrogen-bond donors (Lipinski definition) is 1. The first kappa shape index (κ1) is 21.3. The number of aromatic nitrogens is 2. The lowest BCUT2D eigenvalue weighted by Gasteiger charge is -2.22. The maximum absolute atomic E-state index is 13.2. The highest BCUT2D eigenvalue weighted by Gasteiger charge is 2.32. The predicted molar refractivity (Wildman–Crippen MR) is 121 cm³/mol. The van der Waals surface area contributed by atoms with Crippen molar-refractivity contribution in [3.05, 3.63) is 82.3 Å². The summed E-state index contributed by atoms with van der Waals surface area (Å²) < 4.78 is 6.26. The minimum absolute atomic E-state index is 0.00245. The van der Waals surface area contributed by atoms with Gasteiger partial charge in [-0.1, -0.05) is 18.2 Å². The van der Waals surface area contributed by atoms with Crippen molar-refractivity contribution in [2.75, 3.05) is 17.3 Å². The summed E-state index contributed by atoms with van der Waals surface area (Å²) in [4.78, 5) is 39.4. The SMILES string of the molecule is COc1ccc(NC(=O)CCn2nc(C(=O)N3c4ccccc4C[C@@H]3C)ccc2=O)cc1. The maximum atomic E-state index is 13.2. The fourth-order valence-electron chi connectivity index (χ4n) is 3.83. The summed E-state index contributed by atoms with van der Waals surface area (Å²) in [6, 6.07) is 17.5. The third-order valence-corrected chi connectivity index (χ3v) is 5.44. The first-order valence-electron chi connectivity index (χ1n) is 10.4. The zero-order valence-corrected chi connectivity index (χ0v) is 17.9. The van der Waals surface area contributed by atoms with Crippen LogP contribution < -0.4 is 20.5 Å². The molecular weight excluding hydrogens is 408 g/mol. The summed E-state index contributed by atoms with van der Waals surface area (Å²) in [7, 11) is 1.57. The van der Waals surface area contributed by atoms with Crippen LogP contribution in [0.25, 0.3) is 0 Å². The van der Waals surface area contributed by atoms with Gasteiger partial charge in [-0.2, -0.15) is 5.10 Å². The summed E-state index contributed by atoms with van der Waals surface area (Å²) >= 11 is 0. The number of carbonyl (C=O) groups excluding carboxylic acids is 2. The third kappa shape index (κ3) is 4.39. The van der Waals surface area contributed by atoms with Crippen LogP contribution in [0.3, 0.4) is 0 Å². The first-order valence-corrected chi connectivity index (χ1v) is 10.4. The zero-order chi connectivity index (χ0) is 22.7. The predicted octanol–water partition coefficient (Wildman–Crippen LogP) is 2.87. The Morgan fingerprint density at radius 3 is 2.59 bits per heavy atom. The number of carbonyl (C=O) groups is 2. The fourth-order valence-corrected chi connectivity index (χ4v) is 3.83. The molecule has 0 unspecified atom stereocenters. The number of nitrogens with zero attached hydrogens (tertiary/aromatic N) is 3. The molecule has 0 saturated heterocycles. The van der Waals surface area contributed by atoms with E-state index < -0.39 is 0 Å². The molecule has 0 aliphatic carbocycles. The Labute approximate surface area is 185 Å². The van der Waals surface area contributed by atoms with Crippen LogP contribution in [0.1, 0.15) is 29.4 Å². The lowest BCUT2D eigenvalue weighted by molar-refractivity contribution is -0.116. The molecule has 164 valence electrons. The quantitative estimate of drug-likeness (QED) is 0.647. The lowest BCUT2D eigenvalue weighted by atomic mass is 10.1. The van der Waals surface area contributed by atoms with Gasteiger partial charge in [0.1, 0.15) is 11.4 Å². The molecule has 0 saturated carbocycles. The second kappa shape index (κ2) is 9.05. The number of anilines is 2. The van der Waals surface area contributed by atoms with Gasteiger partial charge in [-0.15, -0.1) is 0 Å². The van der Waals surface area contributed by atoms with E-state index in [0.29, 0.717) is 11.4 Å². The summed E-state index contributed by atoms with van der Waals surface area (Å²) in [6.45, 7) is 2.05. The van der Waals surface area contributed by atoms with Crippen LogP contribution in [-0.4, -0.2) is 34.7 Å². The second-order valence-corrected chi connectivity index (χ2v) is 7.66. The molecule has 8 heteroatoms. The highest BCUT2D eigenvalue weighted by Crippen LogP contribution is 2.32. The average Bonchev–Trinajstić information content (AvgIpc) is 3.14. The molecule has 1 aromatic heterocycles. The molecule has 2 heterocycles. The van der Waals surface area contributed by atoms with Gasteiger partial charge in [0, 0.05) is 29.9 Å². The highest BCUT2D eigenvalue weighted by atomic mass is 16.5. The molecule has 0 spiro atoms. The number of aryl methyl sites for hydroxylation is 1. The van der Waals surface area contributed by atoms with Crippen LogP contribution in [0.2, 0.25) is 0 Å². The van der Waals surface area contributed by atoms with Crippen LogP contribution in [-0.2, 0) is 17.8 Å². The smallest absolute Gasteiger partial charge is 0.278 e. The molecule has 1 aliphatic rings. The van der Waals surface area contributed by atoms with Gasteiger partial charge in [0.15, 0.2) is 0 Å². The fraction of sp³-hybridized carbons (Fsp3) is 0.250. The molecule has 32 heavy (non-hydrogen) atoms. The van der Waals surface area contributed by atoms with Gasteiger partial charge >= 0.3 is 0 Å². The number of fused-ring (bicyclic) bond motifs is 1. The minimum Gasteiger partial charge on any atom is -0.497 e. The third-order valence-electron chi connectivity index (χ3n) is 5.44. The molecule has 4 rings (SSSR count). The topological polar surface area (TPSA) is 93.5 Å². The Kier molecular flexibility index (Phi) is 6.02. The van der Waals surface area contributed by atoms with Crippen molar-refractivity contribution in [1.29, 1.82) is 0 Å². The Bertz CT molecular complexity index is 1200. The lowest BCUT2D eigenvalue weighted by Crippen LogP contribution is -2.37. The molecule has 2 amide bonds. The Hall–Kier alpha value is -3.94. The van der Waals surface area contributed by atoms with Crippen LogP contribution >= 0.6 is 0 Å². The molecule has 1 atom stereocenters. The molecule has 0 bridgehead atoms. The summed E-state index contributed by atoms with van der Waals surface area (Å²) in [5.41, 5.74) is 2.40. The Balaban J connectivity index is 1.45. The number of amides is 2. The molecular formula is C24H24N4O4. The molecule has 8 nitrogen and oxygen atoms in total. The highest BCUT2D eigenvalue weighted by molar-refractivity contribution is 6.06. The van der Waals surface area contributed by atoms with Crippen molar-refractivity contribution >= 4 is 23.2 Å². The van der Waals surface area contributed by atoms with E-state index in [1.807, 2.05) is 31.2 Å². The van der Waals surface area contributed by atoms with E-state index in [1.165, 1.54) is 12.1 Å². The van der Waals surface area contributed by atoms with Crippen molar-refractivity contribution < 1.29 is 14.3 Å². The van der Waals surface area contributed by atoms with Gasteiger partial charge in [0.25, 0.3) is 11.5 Å². The summed E-state index contributed by atoms with van der Waals surface area (Å²) in [6.07, 6.45) is 0.812. The van der Waals surface area contributed by atoms with Gasteiger partial charge in [-0.25, -0.2) is 4.68 Å². The van der Waals surface area contributed by atoms with E-state index in [-0.39, 0.29) is 42.1 Å². The molecule has 1 aliphatic heterocycles. The normalized spacial score (nSPS) is 14.7. The van der Waals surface area contributed by atoms with E-state index in [4.69, 9.17) is 4.74 Å². The standard InChI is InChI=1S/C24H24N4O4/c1-16-15-17-5-3-4-6-21(17)28(16)24(31)20-11-12-23(30)27(26-20)14-13-22(29)25-18-7-9-19(32-2)10-8-18/h3-12,16H,13-15H2,1-2H3,(H,25,29)/t16-/m0/s1. The summed E-state index contributed by atoms with van der Waals surface area (Å²) in [5, 5.41) is 7.01. The monoisotopic (exact) mass is 432 g/mol. The number of rotatable bonds is 6. The van der Waals surface area contributed by atoms with E-state index >= 15 is 0 Å². The maximum Gasteiger partial charge on any atom is 0.278 e.